The van der Waals surface area contributed by atoms with Crippen LogP contribution in [0.1, 0.15) is 33.9 Å². The van der Waals surface area contributed by atoms with E-state index in [1.165, 1.54) is 33.6 Å². The molecule has 1 aromatic heterocycles. The lowest BCUT2D eigenvalue weighted by molar-refractivity contribution is -0.0521. The van der Waals surface area contributed by atoms with E-state index < -0.39 is 52.0 Å². The third-order valence-corrected chi connectivity index (χ3v) is 8.85. The van der Waals surface area contributed by atoms with Crippen molar-refractivity contribution in [2.45, 2.75) is 64.4 Å². The lowest BCUT2D eigenvalue weighted by Gasteiger charge is -2.37. The highest BCUT2D eigenvalue weighted by molar-refractivity contribution is 7.69. The molecule has 2 heterocycles. The SMILES string of the molecule is [C-]#[N+]CCOP(OC1C(OC)[C@H](n2ccc(=O)[nH]c2=O)O[C@@H]1/N=C/P(=O)(OC)OC)N(C(C)C)C(C)C. The van der Waals surface area contributed by atoms with Gasteiger partial charge in [-0.1, -0.05) is 0 Å². The molecule has 208 valence electrons. The van der Waals surface area contributed by atoms with Crippen molar-refractivity contribution < 1.29 is 32.1 Å². The number of H-pyrrole nitrogens is 1. The van der Waals surface area contributed by atoms with Crippen LogP contribution in [0.3, 0.4) is 0 Å². The monoisotopic (exact) mass is 563 g/mol. The molecule has 1 aliphatic heterocycles. The summed E-state index contributed by atoms with van der Waals surface area (Å²) in [5.74, 6) is 1.00. The zero-order chi connectivity index (χ0) is 27.8. The number of ether oxygens (including phenoxy) is 2. The Morgan fingerprint density at radius 1 is 1.24 bits per heavy atom. The smallest absolute Gasteiger partial charge is 0.371 e. The van der Waals surface area contributed by atoms with Crippen LogP contribution in [0.15, 0.2) is 26.8 Å². The lowest BCUT2D eigenvalue weighted by Crippen LogP contribution is -2.41. The summed E-state index contributed by atoms with van der Waals surface area (Å²) in [4.78, 5) is 33.9. The highest BCUT2D eigenvalue weighted by Gasteiger charge is 2.50. The van der Waals surface area contributed by atoms with E-state index >= 15 is 0 Å². The van der Waals surface area contributed by atoms with Gasteiger partial charge in [0.25, 0.3) is 14.1 Å². The van der Waals surface area contributed by atoms with E-state index in [1.54, 1.807) is 0 Å². The molecule has 0 amide bonds. The number of nitrogens with one attached hydrogen (secondary N) is 1. The van der Waals surface area contributed by atoms with Crippen LogP contribution in [0.4, 0.5) is 0 Å². The summed E-state index contributed by atoms with van der Waals surface area (Å²) < 4.78 is 49.9. The van der Waals surface area contributed by atoms with Crippen molar-refractivity contribution in [2.24, 2.45) is 4.99 Å². The molecule has 5 atom stereocenters. The van der Waals surface area contributed by atoms with Gasteiger partial charge in [-0.05, 0) is 27.7 Å². The van der Waals surface area contributed by atoms with E-state index in [9.17, 15) is 14.2 Å². The predicted molar refractivity (Wildman–Crippen MR) is 137 cm³/mol. The Bertz CT molecular complexity index is 1090. The molecule has 1 aliphatic rings. The van der Waals surface area contributed by atoms with Crippen LogP contribution in [0, 0.1) is 6.57 Å². The molecule has 0 spiro atoms. The standard InChI is InChI=1S/C21H35N5O9P2/c1-14(2)26(15(3)4)36(33-12-10-22-5)35-17-18(30-6)20(25-11-9-16(27)24-21(25)28)34-19(17)23-13-37(29,31-7)32-8/h9,11,13-15,17-20H,10,12H2,1-4,6-8H3,(H,24,27,28)/b23-13+/t17?,18?,19-,20+,36?/m0/s1. The number of methoxy groups -OCH3 is 1. The largest absolute Gasteiger partial charge is 0.374 e. The zero-order valence-corrected chi connectivity index (χ0v) is 23.8. The first-order valence-corrected chi connectivity index (χ1v) is 14.2. The van der Waals surface area contributed by atoms with Crippen LogP contribution in [0.2, 0.25) is 0 Å². The Balaban J connectivity index is 2.54. The van der Waals surface area contributed by atoms with Crippen LogP contribution < -0.4 is 11.2 Å². The molecule has 16 heteroatoms. The molecule has 3 unspecified atom stereocenters. The molecule has 0 bridgehead atoms. The van der Waals surface area contributed by atoms with Gasteiger partial charge in [0, 0.05) is 45.7 Å². The Morgan fingerprint density at radius 3 is 2.41 bits per heavy atom. The van der Waals surface area contributed by atoms with Crippen molar-refractivity contribution in [3.8, 4) is 0 Å². The van der Waals surface area contributed by atoms with Gasteiger partial charge in [-0.25, -0.2) is 16.0 Å². The highest BCUT2D eigenvalue weighted by Crippen LogP contribution is 2.51. The second-order valence-electron chi connectivity index (χ2n) is 8.39. The summed E-state index contributed by atoms with van der Waals surface area (Å²) in [6.45, 7) is 15.3. The summed E-state index contributed by atoms with van der Waals surface area (Å²) in [7, 11) is -1.56. The van der Waals surface area contributed by atoms with Crippen molar-refractivity contribution in [2.75, 3.05) is 34.5 Å². The quantitative estimate of drug-likeness (QED) is 0.155. The molecule has 1 aromatic rings. The minimum atomic E-state index is -3.66. The predicted octanol–water partition coefficient (Wildman–Crippen LogP) is 2.59. The normalized spacial score (nSPS) is 23.4. The third-order valence-electron chi connectivity index (χ3n) is 5.29. The fourth-order valence-electron chi connectivity index (χ4n) is 3.67. The van der Waals surface area contributed by atoms with E-state index in [0.29, 0.717) is 0 Å². The summed E-state index contributed by atoms with van der Waals surface area (Å²) >= 11 is 0. The van der Waals surface area contributed by atoms with Gasteiger partial charge in [0.2, 0.25) is 6.54 Å². The fraction of sp³-hybridized carbons (Fsp3) is 0.714. The van der Waals surface area contributed by atoms with Gasteiger partial charge in [-0.3, -0.25) is 23.9 Å². The molecule has 1 fully saturated rings. The molecule has 2 rings (SSSR count). The summed E-state index contributed by atoms with van der Waals surface area (Å²) in [6, 6.07) is 1.21. The lowest BCUT2D eigenvalue weighted by atomic mass is 10.2. The fourth-order valence-corrected chi connectivity index (χ4v) is 6.03. The summed E-state index contributed by atoms with van der Waals surface area (Å²) in [6.07, 6.45) is -2.75. The minimum absolute atomic E-state index is 0.0177. The van der Waals surface area contributed by atoms with Crippen LogP contribution >= 0.6 is 16.1 Å². The van der Waals surface area contributed by atoms with Crippen molar-refractivity contribution in [1.82, 2.24) is 14.2 Å². The van der Waals surface area contributed by atoms with Crippen molar-refractivity contribution >= 4 is 22.1 Å². The minimum Gasteiger partial charge on any atom is -0.374 e. The molecule has 1 N–H and O–H groups in total. The molecule has 0 radical (unpaired) electrons. The second kappa shape index (κ2) is 14.4. The summed E-state index contributed by atoms with van der Waals surface area (Å²) in [5.41, 5.74) is -1.29. The molecule has 37 heavy (non-hydrogen) atoms. The second-order valence-corrected chi connectivity index (χ2v) is 11.8. The van der Waals surface area contributed by atoms with Crippen molar-refractivity contribution in [3.63, 3.8) is 0 Å². The van der Waals surface area contributed by atoms with Gasteiger partial charge in [0.05, 0.1) is 0 Å². The van der Waals surface area contributed by atoms with Gasteiger partial charge in [0.1, 0.15) is 24.8 Å². The Hall–Kier alpha value is -1.78. The van der Waals surface area contributed by atoms with Crippen LogP contribution in [-0.4, -0.2) is 85.2 Å². The third kappa shape index (κ3) is 8.10. The van der Waals surface area contributed by atoms with Gasteiger partial charge < -0.3 is 32.4 Å². The number of aliphatic imine (C=N–C) groups is 1. The van der Waals surface area contributed by atoms with Gasteiger partial charge in [-0.2, -0.15) is 0 Å². The number of rotatable bonds is 14. The molecular weight excluding hydrogens is 528 g/mol. The molecule has 1 saturated heterocycles. The first-order valence-electron chi connectivity index (χ1n) is 11.5. The van der Waals surface area contributed by atoms with Crippen molar-refractivity contribution in [1.29, 1.82) is 0 Å². The van der Waals surface area contributed by atoms with Gasteiger partial charge in [-0.15, -0.1) is 0 Å². The maximum Gasteiger partial charge on any atom is 0.371 e. The zero-order valence-electron chi connectivity index (χ0n) is 22.0. The van der Waals surface area contributed by atoms with E-state index in [4.69, 9.17) is 34.1 Å². The first kappa shape index (κ1) is 31.4. The molecule has 0 aromatic carbocycles. The van der Waals surface area contributed by atoms with E-state index in [-0.39, 0.29) is 25.2 Å². The average Bonchev–Trinajstić information content (AvgIpc) is 3.18. The number of hydrogen-bond acceptors (Lipinski definition) is 11. The number of aromatic nitrogens is 2. The summed E-state index contributed by atoms with van der Waals surface area (Å²) in [5, 5.41) is 0. The van der Waals surface area contributed by atoms with E-state index in [1.807, 2.05) is 32.4 Å². The molecule has 0 saturated carbocycles. The average molecular weight is 563 g/mol. The molecule has 14 nitrogen and oxygen atoms in total. The molecule has 0 aliphatic carbocycles. The maximum absolute atomic E-state index is 12.6. The Labute approximate surface area is 217 Å². The number of hydrogen-bond donors (Lipinski definition) is 1. The van der Waals surface area contributed by atoms with Crippen LogP contribution in [0.25, 0.3) is 4.85 Å². The highest BCUT2D eigenvalue weighted by atomic mass is 31.2. The van der Waals surface area contributed by atoms with Gasteiger partial charge in [0.15, 0.2) is 12.5 Å². The van der Waals surface area contributed by atoms with E-state index in [2.05, 4.69) is 14.8 Å². The van der Waals surface area contributed by atoms with E-state index in [0.717, 1.165) is 10.5 Å². The number of aromatic amines is 1. The first-order chi connectivity index (χ1) is 17.5. The van der Waals surface area contributed by atoms with Crippen LogP contribution in [0.5, 0.6) is 0 Å². The molecular formula is C21H35N5O9P2. The number of nitrogens with zero attached hydrogens (tertiary/aromatic N) is 4. The Kier molecular flexibility index (Phi) is 12.2. The van der Waals surface area contributed by atoms with Crippen molar-refractivity contribution in [3.05, 3.63) is 44.5 Å². The van der Waals surface area contributed by atoms with Crippen LogP contribution in [-0.2, 0) is 32.1 Å². The Morgan fingerprint density at radius 2 is 1.89 bits per heavy atom. The topological polar surface area (TPSA) is 147 Å². The maximum atomic E-state index is 12.6. The van der Waals surface area contributed by atoms with Gasteiger partial charge >= 0.3 is 13.3 Å².